The van der Waals surface area contributed by atoms with Crippen LogP contribution in [0.25, 0.3) is 0 Å². The highest BCUT2D eigenvalue weighted by Gasteiger charge is 2.36. The zero-order valence-electron chi connectivity index (χ0n) is 11.5. The Bertz CT molecular complexity index is 429. The van der Waals surface area contributed by atoms with Crippen LogP contribution in [0.2, 0.25) is 0 Å². The summed E-state index contributed by atoms with van der Waals surface area (Å²) in [5.74, 6) is 0. The van der Waals surface area contributed by atoms with Gasteiger partial charge in [0.15, 0.2) is 0 Å². The van der Waals surface area contributed by atoms with Crippen molar-refractivity contribution in [3.63, 3.8) is 0 Å². The summed E-state index contributed by atoms with van der Waals surface area (Å²) < 4.78 is 1.18. The largest absolute Gasteiger partial charge is 0.315 e. The van der Waals surface area contributed by atoms with E-state index in [4.69, 9.17) is 0 Å². The molecule has 3 nitrogen and oxygen atoms in total. The smallest absolute Gasteiger partial charge is 0.0380 e. The molecule has 1 N–H and O–H groups in total. The zero-order chi connectivity index (χ0) is 13.2. The second-order valence-electron chi connectivity index (χ2n) is 5.63. The fraction of sp³-hybridized carbons (Fsp3) is 0.600. The maximum Gasteiger partial charge on any atom is 0.0380 e. The predicted octanol–water partition coefficient (Wildman–Crippen LogP) is 1.58. The van der Waals surface area contributed by atoms with Crippen molar-refractivity contribution in [3.05, 3.63) is 34.3 Å². The molecule has 3 aliphatic heterocycles. The molecule has 0 aliphatic carbocycles. The topological polar surface area (TPSA) is 18.5 Å². The monoisotopic (exact) mass is 323 g/mol. The summed E-state index contributed by atoms with van der Waals surface area (Å²) in [5, 5.41) is 3.54. The number of nitrogens with one attached hydrogen (secondary N) is 1. The lowest BCUT2D eigenvalue weighted by atomic mass is 9.94. The lowest BCUT2D eigenvalue weighted by molar-refractivity contribution is -0.00202. The lowest BCUT2D eigenvalue weighted by Crippen LogP contribution is -2.66. The molecule has 4 rings (SSSR count). The minimum Gasteiger partial charge on any atom is -0.315 e. The van der Waals surface area contributed by atoms with Gasteiger partial charge in [-0.25, -0.2) is 0 Å². The molecule has 4 heteroatoms. The van der Waals surface area contributed by atoms with Crippen LogP contribution >= 0.6 is 15.9 Å². The number of likely N-dealkylation sites (N-methyl/N-ethyl adjacent to an activating group) is 1. The molecule has 1 aromatic rings. The molecule has 104 valence electrons. The van der Waals surface area contributed by atoms with Crippen LogP contribution in [-0.2, 0) is 6.42 Å². The van der Waals surface area contributed by atoms with Crippen LogP contribution < -0.4 is 5.32 Å². The Morgan fingerprint density at radius 1 is 1.32 bits per heavy atom. The van der Waals surface area contributed by atoms with E-state index < -0.39 is 0 Å². The Morgan fingerprint density at radius 2 is 2.11 bits per heavy atom. The van der Waals surface area contributed by atoms with Crippen LogP contribution in [0.1, 0.15) is 5.56 Å². The predicted molar refractivity (Wildman–Crippen MR) is 82.5 cm³/mol. The van der Waals surface area contributed by atoms with E-state index in [9.17, 15) is 0 Å². The SMILES string of the molecule is CNC(Cc1cccc(Br)c1)C1CN2CCN1CC2. The minimum atomic E-state index is 0.539. The van der Waals surface area contributed by atoms with Crippen molar-refractivity contribution < 1.29 is 0 Å². The third-order valence-electron chi connectivity index (χ3n) is 4.50. The van der Waals surface area contributed by atoms with E-state index in [2.05, 4.69) is 62.4 Å². The Balaban J connectivity index is 1.70. The first-order valence-electron chi connectivity index (χ1n) is 7.14. The Morgan fingerprint density at radius 3 is 2.68 bits per heavy atom. The van der Waals surface area contributed by atoms with Crippen molar-refractivity contribution in [2.24, 2.45) is 0 Å². The molecular formula is C15H22BrN3. The van der Waals surface area contributed by atoms with Crippen LogP contribution in [0.15, 0.2) is 28.7 Å². The fourth-order valence-corrected chi connectivity index (χ4v) is 3.83. The van der Waals surface area contributed by atoms with Crippen molar-refractivity contribution >= 4 is 15.9 Å². The van der Waals surface area contributed by atoms with E-state index >= 15 is 0 Å². The molecule has 0 amide bonds. The number of hydrogen-bond donors (Lipinski definition) is 1. The quantitative estimate of drug-likeness (QED) is 0.907. The summed E-state index contributed by atoms with van der Waals surface area (Å²) >= 11 is 3.56. The number of benzene rings is 1. The third kappa shape index (κ3) is 3.02. The van der Waals surface area contributed by atoms with Gasteiger partial charge in [0.05, 0.1) is 0 Å². The minimum absolute atomic E-state index is 0.539. The lowest BCUT2D eigenvalue weighted by Gasteiger charge is -2.50. The molecule has 2 bridgehead atoms. The van der Waals surface area contributed by atoms with E-state index in [1.165, 1.54) is 42.8 Å². The summed E-state index contributed by atoms with van der Waals surface area (Å²) in [6.45, 7) is 6.20. The molecule has 1 aromatic carbocycles. The van der Waals surface area contributed by atoms with Crippen LogP contribution in [0.4, 0.5) is 0 Å². The van der Waals surface area contributed by atoms with Crippen molar-refractivity contribution in [2.45, 2.75) is 18.5 Å². The number of piperazine rings is 3. The molecule has 3 heterocycles. The van der Waals surface area contributed by atoms with Gasteiger partial charge in [0.25, 0.3) is 0 Å². The van der Waals surface area contributed by atoms with Gasteiger partial charge in [-0.2, -0.15) is 0 Å². The maximum absolute atomic E-state index is 3.56. The maximum atomic E-state index is 3.56. The summed E-state index contributed by atoms with van der Waals surface area (Å²) in [6, 6.07) is 9.88. The van der Waals surface area contributed by atoms with Crippen LogP contribution in [0.3, 0.4) is 0 Å². The number of hydrogen-bond acceptors (Lipinski definition) is 3. The Labute approximate surface area is 124 Å². The Hall–Kier alpha value is -0.420. The van der Waals surface area contributed by atoms with Crippen molar-refractivity contribution in [3.8, 4) is 0 Å². The van der Waals surface area contributed by atoms with Crippen molar-refractivity contribution in [1.82, 2.24) is 15.1 Å². The second kappa shape index (κ2) is 5.92. The van der Waals surface area contributed by atoms with Gasteiger partial charge in [-0.05, 0) is 31.2 Å². The molecule has 2 unspecified atom stereocenters. The zero-order valence-corrected chi connectivity index (χ0v) is 13.1. The molecule has 2 atom stereocenters. The van der Waals surface area contributed by atoms with Gasteiger partial charge < -0.3 is 5.32 Å². The first kappa shape index (κ1) is 13.6. The van der Waals surface area contributed by atoms with E-state index in [1.54, 1.807) is 0 Å². The summed E-state index contributed by atoms with van der Waals surface area (Å²) in [7, 11) is 2.10. The summed E-state index contributed by atoms with van der Waals surface area (Å²) in [6.07, 6.45) is 1.10. The molecule has 0 aromatic heterocycles. The molecule has 3 aliphatic rings. The Kier molecular flexibility index (Phi) is 4.22. The van der Waals surface area contributed by atoms with E-state index in [0.29, 0.717) is 12.1 Å². The average molecular weight is 324 g/mol. The highest BCUT2D eigenvalue weighted by Crippen LogP contribution is 2.21. The molecule has 0 saturated carbocycles. The molecule has 3 saturated heterocycles. The molecule has 0 spiro atoms. The normalized spacial score (nSPS) is 31.4. The highest BCUT2D eigenvalue weighted by atomic mass is 79.9. The van der Waals surface area contributed by atoms with Crippen LogP contribution in [0, 0.1) is 0 Å². The van der Waals surface area contributed by atoms with Crippen molar-refractivity contribution in [1.29, 1.82) is 0 Å². The van der Waals surface area contributed by atoms with Gasteiger partial charge in [-0.15, -0.1) is 0 Å². The standard InChI is InChI=1S/C15H22BrN3/c1-17-14(10-12-3-2-4-13(16)9-12)15-11-18-5-7-19(15)8-6-18/h2-4,9,14-15,17H,5-8,10-11H2,1H3. The van der Waals surface area contributed by atoms with Gasteiger partial charge >= 0.3 is 0 Å². The first-order chi connectivity index (χ1) is 9.26. The number of halogens is 1. The van der Waals surface area contributed by atoms with Gasteiger partial charge in [-0.1, -0.05) is 28.1 Å². The van der Waals surface area contributed by atoms with Gasteiger partial charge in [0, 0.05) is 49.3 Å². The van der Waals surface area contributed by atoms with Crippen LogP contribution in [-0.4, -0.2) is 61.7 Å². The fourth-order valence-electron chi connectivity index (χ4n) is 3.39. The summed E-state index contributed by atoms with van der Waals surface area (Å²) in [5.41, 5.74) is 1.41. The molecule has 3 fully saturated rings. The van der Waals surface area contributed by atoms with Gasteiger partial charge in [0.1, 0.15) is 0 Å². The van der Waals surface area contributed by atoms with Gasteiger partial charge in [0.2, 0.25) is 0 Å². The average Bonchev–Trinajstić information content (AvgIpc) is 2.46. The summed E-state index contributed by atoms with van der Waals surface area (Å²) in [4.78, 5) is 5.27. The highest BCUT2D eigenvalue weighted by molar-refractivity contribution is 9.10. The van der Waals surface area contributed by atoms with Crippen molar-refractivity contribution in [2.75, 3.05) is 39.8 Å². The number of fused-ring (bicyclic) bond motifs is 3. The second-order valence-corrected chi connectivity index (χ2v) is 6.55. The van der Waals surface area contributed by atoms with E-state index in [1.807, 2.05) is 0 Å². The van der Waals surface area contributed by atoms with Crippen LogP contribution in [0.5, 0.6) is 0 Å². The number of rotatable bonds is 4. The van der Waals surface area contributed by atoms with E-state index in [-0.39, 0.29) is 0 Å². The number of nitrogens with zero attached hydrogens (tertiary/aromatic N) is 2. The van der Waals surface area contributed by atoms with E-state index in [0.717, 1.165) is 6.42 Å². The molecule has 0 radical (unpaired) electrons. The third-order valence-corrected chi connectivity index (χ3v) is 4.99. The van der Waals surface area contributed by atoms with Gasteiger partial charge in [-0.3, -0.25) is 9.80 Å². The first-order valence-corrected chi connectivity index (χ1v) is 7.93. The molecular weight excluding hydrogens is 302 g/mol. The molecule has 19 heavy (non-hydrogen) atoms.